The van der Waals surface area contributed by atoms with Gasteiger partial charge in [0.2, 0.25) is 5.91 Å². The molecule has 1 N–H and O–H groups in total. The molecule has 19 heavy (non-hydrogen) atoms. The van der Waals surface area contributed by atoms with Gasteiger partial charge in [0.1, 0.15) is 6.07 Å². The molecular weight excluding hydrogens is 238 g/mol. The normalized spacial score (nSPS) is 17.5. The van der Waals surface area contributed by atoms with Gasteiger partial charge in [-0.3, -0.25) is 9.78 Å². The second kappa shape index (κ2) is 5.83. The molecule has 0 unspecified atom stereocenters. The van der Waals surface area contributed by atoms with Crippen molar-refractivity contribution in [3.8, 4) is 6.07 Å². The number of anilines is 1. The van der Waals surface area contributed by atoms with Gasteiger partial charge < -0.3 is 5.32 Å². The molecule has 1 heterocycles. The van der Waals surface area contributed by atoms with Gasteiger partial charge in [0.05, 0.1) is 11.3 Å². The SMILES string of the molecule is CC1(CC(=O)Nc2ccncc2C#N)CCCCC1. The first-order valence-corrected chi connectivity index (χ1v) is 6.77. The van der Waals surface area contributed by atoms with Gasteiger partial charge in [-0.15, -0.1) is 0 Å². The van der Waals surface area contributed by atoms with Crippen LogP contribution < -0.4 is 5.32 Å². The van der Waals surface area contributed by atoms with Crippen molar-refractivity contribution >= 4 is 11.6 Å². The van der Waals surface area contributed by atoms with Gasteiger partial charge in [0.25, 0.3) is 0 Å². The Hall–Kier alpha value is -1.89. The number of carbonyl (C=O) groups excluding carboxylic acids is 1. The summed E-state index contributed by atoms with van der Waals surface area (Å²) >= 11 is 0. The summed E-state index contributed by atoms with van der Waals surface area (Å²) in [6, 6.07) is 3.70. The lowest BCUT2D eigenvalue weighted by Gasteiger charge is -2.32. The molecule has 4 nitrogen and oxygen atoms in total. The third-order valence-electron chi connectivity index (χ3n) is 3.86. The molecule has 1 fully saturated rings. The summed E-state index contributed by atoms with van der Waals surface area (Å²) in [7, 11) is 0. The largest absolute Gasteiger partial charge is 0.325 e. The minimum absolute atomic E-state index is 0.00731. The highest BCUT2D eigenvalue weighted by atomic mass is 16.1. The molecule has 1 aromatic heterocycles. The van der Waals surface area contributed by atoms with Crippen molar-refractivity contribution in [2.75, 3.05) is 5.32 Å². The van der Waals surface area contributed by atoms with Crippen LogP contribution in [-0.4, -0.2) is 10.9 Å². The van der Waals surface area contributed by atoms with E-state index in [9.17, 15) is 4.79 Å². The van der Waals surface area contributed by atoms with Crippen LogP contribution in [-0.2, 0) is 4.79 Å². The summed E-state index contributed by atoms with van der Waals surface area (Å²) in [6.45, 7) is 2.18. The van der Waals surface area contributed by atoms with Crippen LogP contribution in [0.25, 0.3) is 0 Å². The molecule has 0 aliphatic heterocycles. The Bertz CT molecular complexity index is 498. The molecular formula is C15H19N3O. The Morgan fingerprint density at radius 3 is 2.89 bits per heavy atom. The van der Waals surface area contributed by atoms with E-state index < -0.39 is 0 Å². The third-order valence-corrected chi connectivity index (χ3v) is 3.86. The first-order valence-electron chi connectivity index (χ1n) is 6.77. The number of hydrogen-bond acceptors (Lipinski definition) is 3. The van der Waals surface area contributed by atoms with E-state index in [4.69, 9.17) is 5.26 Å². The van der Waals surface area contributed by atoms with Crippen molar-refractivity contribution < 1.29 is 4.79 Å². The molecule has 1 amide bonds. The van der Waals surface area contributed by atoms with Gasteiger partial charge in [-0.05, 0) is 24.3 Å². The second-order valence-corrected chi connectivity index (χ2v) is 5.63. The number of nitrogens with one attached hydrogen (secondary N) is 1. The number of amides is 1. The topological polar surface area (TPSA) is 65.8 Å². The Balaban J connectivity index is 1.99. The predicted molar refractivity (Wildman–Crippen MR) is 73.4 cm³/mol. The standard InChI is InChI=1S/C15H19N3O/c1-15(6-3-2-4-7-15)9-14(19)18-13-5-8-17-11-12(13)10-16/h5,8,11H,2-4,6-7,9H2,1H3,(H,17,18,19). The summed E-state index contributed by atoms with van der Waals surface area (Å²) in [5, 5.41) is 11.8. The summed E-state index contributed by atoms with van der Waals surface area (Å²) in [4.78, 5) is 16.0. The summed E-state index contributed by atoms with van der Waals surface area (Å²) in [5.74, 6) is -0.00731. The molecule has 100 valence electrons. The van der Waals surface area contributed by atoms with Crippen LogP contribution in [0.1, 0.15) is 51.0 Å². The molecule has 1 aromatic rings. The Kier molecular flexibility index (Phi) is 4.16. The van der Waals surface area contributed by atoms with Crippen LogP contribution in [0.3, 0.4) is 0 Å². The molecule has 1 saturated carbocycles. The zero-order valence-electron chi connectivity index (χ0n) is 11.3. The van der Waals surface area contributed by atoms with Crippen molar-refractivity contribution in [2.45, 2.75) is 45.4 Å². The van der Waals surface area contributed by atoms with Gasteiger partial charge in [-0.1, -0.05) is 26.2 Å². The monoisotopic (exact) mass is 257 g/mol. The summed E-state index contributed by atoms with van der Waals surface area (Å²) < 4.78 is 0. The van der Waals surface area contributed by atoms with E-state index >= 15 is 0 Å². The molecule has 0 atom stereocenters. The van der Waals surface area contributed by atoms with E-state index in [2.05, 4.69) is 17.2 Å². The van der Waals surface area contributed by atoms with Crippen molar-refractivity contribution in [1.82, 2.24) is 4.98 Å². The minimum Gasteiger partial charge on any atom is -0.325 e. The van der Waals surface area contributed by atoms with Crippen LogP contribution in [0.4, 0.5) is 5.69 Å². The van der Waals surface area contributed by atoms with Gasteiger partial charge in [-0.2, -0.15) is 5.26 Å². The quantitative estimate of drug-likeness (QED) is 0.903. The third kappa shape index (κ3) is 3.54. The van der Waals surface area contributed by atoms with E-state index in [-0.39, 0.29) is 11.3 Å². The van der Waals surface area contributed by atoms with Gasteiger partial charge in [0.15, 0.2) is 0 Å². The number of rotatable bonds is 3. The molecule has 0 saturated heterocycles. The van der Waals surface area contributed by atoms with Crippen LogP contribution in [0.5, 0.6) is 0 Å². The second-order valence-electron chi connectivity index (χ2n) is 5.63. The molecule has 2 rings (SSSR count). The number of aromatic nitrogens is 1. The van der Waals surface area contributed by atoms with Crippen molar-refractivity contribution in [2.24, 2.45) is 5.41 Å². The first kappa shape index (κ1) is 13.5. The zero-order valence-corrected chi connectivity index (χ0v) is 11.3. The fourth-order valence-electron chi connectivity index (χ4n) is 2.76. The number of hydrogen-bond donors (Lipinski definition) is 1. The minimum atomic E-state index is -0.00731. The van der Waals surface area contributed by atoms with E-state index in [0.717, 1.165) is 12.8 Å². The smallest absolute Gasteiger partial charge is 0.224 e. The number of nitrogens with zero attached hydrogens (tertiary/aromatic N) is 2. The summed E-state index contributed by atoms with van der Waals surface area (Å²) in [6.07, 6.45) is 9.51. The van der Waals surface area contributed by atoms with E-state index in [1.165, 1.54) is 25.5 Å². The highest BCUT2D eigenvalue weighted by Crippen LogP contribution is 2.38. The molecule has 4 heteroatoms. The van der Waals surface area contributed by atoms with Crippen LogP contribution >= 0.6 is 0 Å². The lowest BCUT2D eigenvalue weighted by atomic mass is 9.73. The molecule has 0 bridgehead atoms. The number of carbonyl (C=O) groups is 1. The maximum absolute atomic E-state index is 12.1. The van der Waals surface area contributed by atoms with E-state index in [0.29, 0.717) is 17.7 Å². The number of nitriles is 1. The Morgan fingerprint density at radius 1 is 1.47 bits per heavy atom. The van der Waals surface area contributed by atoms with Gasteiger partial charge in [0, 0.05) is 18.8 Å². The molecule has 0 radical (unpaired) electrons. The maximum atomic E-state index is 12.1. The van der Waals surface area contributed by atoms with Crippen molar-refractivity contribution in [3.05, 3.63) is 24.0 Å². The average molecular weight is 257 g/mol. The Labute approximate surface area is 113 Å². The number of pyridine rings is 1. The van der Waals surface area contributed by atoms with Crippen LogP contribution in [0.2, 0.25) is 0 Å². The van der Waals surface area contributed by atoms with E-state index in [1.807, 2.05) is 6.07 Å². The van der Waals surface area contributed by atoms with Gasteiger partial charge >= 0.3 is 0 Å². The maximum Gasteiger partial charge on any atom is 0.224 e. The first-order chi connectivity index (χ1) is 9.13. The van der Waals surface area contributed by atoms with Crippen molar-refractivity contribution in [3.63, 3.8) is 0 Å². The lowest BCUT2D eigenvalue weighted by molar-refractivity contribution is -0.118. The average Bonchev–Trinajstić information content (AvgIpc) is 2.39. The predicted octanol–water partition coefficient (Wildman–Crippen LogP) is 3.25. The highest BCUT2D eigenvalue weighted by molar-refractivity contribution is 5.92. The molecule has 1 aliphatic carbocycles. The van der Waals surface area contributed by atoms with Crippen LogP contribution in [0.15, 0.2) is 18.5 Å². The van der Waals surface area contributed by atoms with Gasteiger partial charge in [-0.25, -0.2) is 0 Å². The highest BCUT2D eigenvalue weighted by Gasteiger charge is 2.29. The van der Waals surface area contributed by atoms with Crippen molar-refractivity contribution in [1.29, 1.82) is 5.26 Å². The van der Waals surface area contributed by atoms with Crippen LogP contribution in [0, 0.1) is 16.7 Å². The molecule has 0 aromatic carbocycles. The lowest BCUT2D eigenvalue weighted by Crippen LogP contribution is -2.27. The Morgan fingerprint density at radius 2 is 2.21 bits per heavy atom. The molecule has 1 aliphatic rings. The fraction of sp³-hybridized carbons (Fsp3) is 0.533. The zero-order chi connectivity index (χ0) is 13.7. The van der Waals surface area contributed by atoms with E-state index in [1.54, 1.807) is 12.3 Å². The fourth-order valence-corrected chi connectivity index (χ4v) is 2.76. The summed E-state index contributed by atoms with van der Waals surface area (Å²) in [5.41, 5.74) is 1.08. The molecule has 0 spiro atoms.